The molecule has 2 rings (SSSR count). The Morgan fingerprint density at radius 1 is 1.41 bits per heavy atom. The molecular weight excluding hydrogens is 216 g/mol. The minimum Gasteiger partial charge on any atom is -0.396 e. The normalized spacial score (nSPS) is 25.7. The van der Waals surface area contributed by atoms with E-state index >= 15 is 0 Å². The van der Waals surface area contributed by atoms with Crippen LogP contribution in [0.15, 0.2) is 0 Å². The largest absolute Gasteiger partial charge is 0.396 e. The molecule has 0 spiro atoms. The zero-order valence-corrected chi connectivity index (χ0v) is 10.9. The molecule has 1 unspecified atom stereocenters. The molecular formula is C13H24N2O2. The second-order valence-corrected chi connectivity index (χ2v) is 6.18. The molecule has 0 aromatic heterocycles. The number of carbonyl (C=O) groups is 1. The van der Waals surface area contributed by atoms with Gasteiger partial charge >= 0.3 is 0 Å². The van der Waals surface area contributed by atoms with Crippen molar-refractivity contribution in [2.24, 2.45) is 5.41 Å². The number of amides is 1. The molecule has 1 amide bonds. The van der Waals surface area contributed by atoms with Crippen molar-refractivity contribution in [3.63, 3.8) is 0 Å². The van der Waals surface area contributed by atoms with Crippen LogP contribution in [0.4, 0.5) is 0 Å². The summed E-state index contributed by atoms with van der Waals surface area (Å²) < 4.78 is 0. The maximum Gasteiger partial charge on any atom is 0.239 e. The number of aliphatic hydroxyl groups is 1. The molecule has 2 fully saturated rings. The Kier molecular flexibility index (Phi) is 3.73. The Balaban J connectivity index is 1.83. The predicted molar refractivity (Wildman–Crippen MR) is 66.6 cm³/mol. The molecule has 2 N–H and O–H groups in total. The third-order valence-electron chi connectivity index (χ3n) is 3.72. The summed E-state index contributed by atoms with van der Waals surface area (Å²) in [7, 11) is 0. The lowest BCUT2D eigenvalue weighted by atomic mass is 9.89. The van der Waals surface area contributed by atoms with Crippen LogP contribution in [-0.4, -0.2) is 47.7 Å². The van der Waals surface area contributed by atoms with Crippen molar-refractivity contribution in [3.05, 3.63) is 0 Å². The zero-order valence-electron chi connectivity index (χ0n) is 10.9. The van der Waals surface area contributed by atoms with Crippen LogP contribution in [0.25, 0.3) is 0 Å². The Morgan fingerprint density at radius 2 is 2.12 bits per heavy atom. The molecule has 1 heterocycles. The fraction of sp³-hybridized carbons (Fsp3) is 0.923. The number of nitrogens with zero attached hydrogens (tertiary/aromatic N) is 1. The highest BCUT2D eigenvalue weighted by atomic mass is 16.3. The number of rotatable bonds is 6. The van der Waals surface area contributed by atoms with E-state index in [1.165, 1.54) is 12.8 Å². The molecule has 98 valence electrons. The van der Waals surface area contributed by atoms with Crippen LogP contribution >= 0.6 is 0 Å². The molecule has 4 heteroatoms. The minimum atomic E-state index is 0.0128. The van der Waals surface area contributed by atoms with E-state index in [9.17, 15) is 4.79 Å². The summed E-state index contributed by atoms with van der Waals surface area (Å²) in [6, 6.07) is 0.641. The average Bonchev–Trinajstić information content (AvgIpc) is 2.99. The van der Waals surface area contributed by atoms with Crippen molar-refractivity contribution in [3.8, 4) is 0 Å². The third kappa shape index (κ3) is 3.42. The van der Waals surface area contributed by atoms with Gasteiger partial charge in [-0.25, -0.2) is 0 Å². The Hall–Kier alpha value is -0.610. The van der Waals surface area contributed by atoms with Gasteiger partial charge in [-0.2, -0.15) is 0 Å². The van der Waals surface area contributed by atoms with E-state index < -0.39 is 0 Å². The number of carbonyl (C=O) groups excluding carboxylic acids is 1. The van der Waals surface area contributed by atoms with Crippen molar-refractivity contribution in [2.75, 3.05) is 19.7 Å². The highest BCUT2D eigenvalue weighted by molar-refractivity contribution is 5.84. The maximum absolute atomic E-state index is 12.2. The SMILES string of the molecule is CC(C)(CCO)CN1CCC(NC2CC2)C1=O. The molecule has 1 atom stereocenters. The molecule has 1 aliphatic carbocycles. The van der Waals surface area contributed by atoms with Gasteiger partial charge in [0, 0.05) is 25.7 Å². The molecule has 0 bridgehead atoms. The van der Waals surface area contributed by atoms with Crippen molar-refractivity contribution < 1.29 is 9.90 Å². The fourth-order valence-corrected chi connectivity index (χ4v) is 2.48. The van der Waals surface area contributed by atoms with Crippen LogP contribution in [-0.2, 0) is 4.79 Å². The van der Waals surface area contributed by atoms with Crippen LogP contribution in [0.1, 0.15) is 39.5 Å². The Labute approximate surface area is 103 Å². The van der Waals surface area contributed by atoms with Gasteiger partial charge in [-0.1, -0.05) is 13.8 Å². The van der Waals surface area contributed by atoms with Crippen LogP contribution in [0, 0.1) is 5.41 Å². The molecule has 4 nitrogen and oxygen atoms in total. The van der Waals surface area contributed by atoms with Gasteiger partial charge in [-0.05, 0) is 31.1 Å². The summed E-state index contributed by atoms with van der Waals surface area (Å²) in [5.41, 5.74) is 0.0128. The standard InChI is InChI=1S/C13H24N2O2/c1-13(2,6-8-16)9-15-7-5-11(12(15)17)14-10-3-4-10/h10-11,14,16H,3-9H2,1-2H3. The highest BCUT2D eigenvalue weighted by Gasteiger charge is 2.37. The van der Waals surface area contributed by atoms with Crippen LogP contribution < -0.4 is 5.32 Å². The summed E-state index contributed by atoms with van der Waals surface area (Å²) in [5.74, 6) is 0.253. The molecule has 1 saturated heterocycles. The monoisotopic (exact) mass is 240 g/mol. The lowest BCUT2D eigenvalue weighted by Gasteiger charge is -2.29. The highest BCUT2D eigenvalue weighted by Crippen LogP contribution is 2.26. The minimum absolute atomic E-state index is 0.0128. The van der Waals surface area contributed by atoms with E-state index in [4.69, 9.17) is 5.11 Å². The number of aliphatic hydroxyl groups excluding tert-OH is 1. The maximum atomic E-state index is 12.2. The first kappa shape index (κ1) is 12.8. The van der Waals surface area contributed by atoms with Gasteiger partial charge in [-0.15, -0.1) is 0 Å². The van der Waals surface area contributed by atoms with E-state index in [0.29, 0.717) is 6.04 Å². The van der Waals surface area contributed by atoms with E-state index in [1.54, 1.807) is 0 Å². The van der Waals surface area contributed by atoms with E-state index in [0.717, 1.165) is 25.9 Å². The summed E-state index contributed by atoms with van der Waals surface area (Å²) in [4.78, 5) is 14.1. The van der Waals surface area contributed by atoms with Crippen LogP contribution in [0.3, 0.4) is 0 Å². The molecule has 17 heavy (non-hydrogen) atoms. The van der Waals surface area contributed by atoms with E-state index in [-0.39, 0.29) is 24.0 Å². The first-order valence-electron chi connectivity index (χ1n) is 6.67. The van der Waals surface area contributed by atoms with Gasteiger partial charge in [0.05, 0.1) is 6.04 Å². The van der Waals surface area contributed by atoms with Crippen LogP contribution in [0.5, 0.6) is 0 Å². The van der Waals surface area contributed by atoms with Crippen LogP contribution in [0.2, 0.25) is 0 Å². The zero-order chi connectivity index (χ0) is 12.5. The quantitative estimate of drug-likeness (QED) is 0.720. The van der Waals surface area contributed by atoms with Gasteiger partial charge in [0.2, 0.25) is 5.91 Å². The first-order valence-corrected chi connectivity index (χ1v) is 6.67. The third-order valence-corrected chi connectivity index (χ3v) is 3.72. The molecule has 2 aliphatic rings. The fourth-order valence-electron chi connectivity index (χ4n) is 2.48. The smallest absolute Gasteiger partial charge is 0.239 e. The predicted octanol–water partition coefficient (Wildman–Crippen LogP) is 0.748. The van der Waals surface area contributed by atoms with E-state index in [1.807, 2.05) is 4.90 Å². The molecule has 1 aliphatic heterocycles. The lowest BCUT2D eigenvalue weighted by molar-refractivity contribution is -0.130. The summed E-state index contributed by atoms with van der Waals surface area (Å²) in [6.07, 6.45) is 4.13. The van der Waals surface area contributed by atoms with E-state index in [2.05, 4.69) is 19.2 Å². The summed E-state index contributed by atoms with van der Waals surface area (Å²) in [5, 5.41) is 12.4. The number of likely N-dealkylation sites (tertiary alicyclic amines) is 1. The molecule has 1 saturated carbocycles. The lowest BCUT2D eigenvalue weighted by Crippen LogP contribution is -2.42. The van der Waals surface area contributed by atoms with Gasteiger partial charge in [0.25, 0.3) is 0 Å². The number of hydrogen-bond donors (Lipinski definition) is 2. The van der Waals surface area contributed by atoms with Gasteiger partial charge < -0.3 is 15.3 Å². The van der Waals surface area contributed by atoms with Crippen molar-refractivity contribution in [2.45, 2.75) is 51.6 Å². The molecule has 0 aromatic carbocycles. The van der Waals surface area contributed by atoms with Gasteiger partial charge in [-0.3, -0.25) is 4.79 Å². The van der Waals surface area contributed by atoms with Crippen molar-refractivity contribution in [1.29, 1.82) is 0 Å². The van der Waals surface area contributed by atoms with Crippen molar-refractivity contribution in [1.82, 2.24) is 10.2 Å². The second kappa shape index (κ2) is 4.94. The molecule has 0 radical (unpaired) electrons. The second-order valence-electron chi connectivity index (χ2n) is 6.18. The number of hydrogen-bond acceptors (Lipinski definition) is 3. The van der Waals surface area contributed by atoms with Gasteiger partial charge in [0.1, 0.15) is 0 Å². The first-order chi connectivity index (χ1) is 8.02. The summed E-state index contributed by atoms with van der Waals surface area (Å²) >= 11 is 0. The topological polar surface area (TPSA) is 52.6 Å². The Morgan fingerprint density at radius 3 is 2.71 bits per heavy atom. The number of nitrogens with one attached hydrogen (secondary N) is 1. The average molecular weight is 240 g/mol. The Bertz CT molecular complexity index is 287. The summed E-state index contributed by atoms with van der Waals surface area (Å²) in [6.45, 7) is 6.03. The van der Waals surface area contributed by atoms with Crippen molar-refractivity contribution >= 4 is 5.91 Å². The van der Waals surface area contributed by atoms with Gasteiger partial charge in [0.15, 0.2) is 0 Å². The molecule has 0 aromatic rings.